The molecular formula is C7H7NO6S. The van der Waals surface area contributed by atoms with Crippen LogP contribution in [0.4, 0.5) is 0 Å². The molecule has 7 nitrogen and oxygen atoms in total. The molecule has 2 atom stereocenters. The van der Waals surface area contributed by atoms with Crippen LogP contribution in [0.3, 0.4) is 0 Å². The molecule has 1 spiro atoms. The number of aliphatic imine (C=N–C) groups is 1. The largest absolute Gasteiger partial charge is 0.379 e. The monoisotopic (exact) mass is 233 g/mol. The van der Waals surface area contributed by atoms with Gasteiger partial charge in [-0.15, -0.1) is 0 Å². The van der Waals surface area contributed by atoms with Crippen molar-refractivity contribution in [3.63, 3.8) is 0 Å². The molecule has 0 saturated carbocycles. The normalized spacial score (nSPS) is 43.3. The van der Waals surface area contributed by atoms with Gasteiger partial charge in [0.2, 0.25) is 0 Å². The SMILES string of the molecule is O=C1OS2(C=CN=C2)OC(=O)C(O)C1O. The van der Waals surface area contributed by atoms with Crippen LogP contribution in [0.5, 0.6) is 0 Å². The lowest BCUT2D eigenvalue weighted by molar-refractivity contribution is -0.156. The molecule has 0 bridgehead atoms. The topological polar surface area (TPSA) is 105 Å². The van der Waals surface area contributed by atoms with Crippen LogP contribution in [0, 0.1) is 0 Å². The van der Waals surface area contributed by atoms with Crippen molar-refractivity contribution in [2.45, 2.75) is 12.2 Å². The van der Waals surface area contributed by atoms with E-state index in [9.17, 15) is 9.59 Å². The molecule has 82 valence electrons. The number of rotatable bonds is 0. The molecular weight excluding hydrogens is 226 g/mol. The van der Waals surface area contributed by atoms with Gasteiger partial charge in [-0.2, -0.15) is 0 Å². The Morgan fingerprint density at radius 3 is 2.13 bits per heavy atom. The van der Waals surface area contributed by atoms with E-state index in [0.29, 0.717) is 0 Å². The van der Waals surface area contributed by atoms with Gasteiger partial charge >= 0.3 is 11.9 Å². The maximum atomic E-state index is 11.2. The van der Waals surface area contributed by atoms with Gasteiger partial charge in [-0.1, -0.05) is 0 Å². The molecule has 15 heavy (non-hydrogen) atoms. The van der Waals surface area contributed by atoms with E-state index in [1.54, 1.807) is 0 Å². The van der Waals surface area contributed by atoms with Gasteiger partial charge in [0.1, 0.15) is 5.55 Å². The van der Waals surface area contributed by atoms with Gasteiger partial charge in [0.15, 0.2) is 12.2 Å². The van der Waals surface area contributed by atoms with Crippen LogP contribution in [0.2, 0.25) is 0 Å². The fourth-order valence-corrected chi connectivity index (χ4v) is 2.50. The van der Waals surface area contributed by atoms with Crippen LogP contribution in [-0.2, 0) is 18.0 Å². The third-order valence-electron chi connectivity index (χ3n) is 1.75. The number of aliphatic hydroxyl groups excluding tert-OH is 2. The van der Waals surface area contributed by atoms with Gasteiger partial charge in [0.05, 0.1) is 5.41 Å². The van der Waals surface area contributed by atoms with Crippen molar-refractivity contribution in [3.05, 3.63) is 11.6 Å². The van der Waals surface area contributed by atoms with Crippen LogP contribution < -0.4 is 0 Å². The lowest BCUT2D eigenvalue weighted by Gasteiger charge is -2.29. The van der Waals surface area contributed by atoms with Crippen molar-refractivity contribution in [2.24, 2.45) is 4.99 Å². The second-order valence-corrected chi connectivity index (χ2v) is 4.82. The first-order valence-electron chi connectivity index (χ1n) is 3.90. The molecule has 8 heteroatoms. The lowest BCUT2D eigenvalue weighted by atomic mass is 10.2. The van der Waals surface area contributed by atoms with Crippen LogP contribution in [-0.4, -0.2) is 39.9 Å². The summed E-state index contributed by atoms with van der Waals surface area (Å²) in [6.45, 7) is 0. The molecule has 0 aromatic heterocycles. The first kappa shape index (κ1) is 10.1. The summed E-state index contributed by atoms with van der Waals surface area (Å²) in [5.74, 6) is -2.22. The third-order valence-corrected chi connectivity index (χ3v) is 3.52. The Balaban J connectivity index is 2.33. The van der Waals surface area contributed by atoms with Gasteiger partial charge in [0.25, 0.3) is 0 Å². The number of nitrogens with zero attached hydrogens (tertiary/aromatic N) is 1. The Labute approximate surface area is 85.7 Å². The molecule has 2 aliphatic rings. The molecule has 2 heterocycles. The Kier molecular flexibility index (Phi) is 2.25. The van der Waals surface area contributed by atoms with Crippen LogP contribution in [0.25, 0.3) is 0 Å². The molecule has 1 saturated heterocycles. The zero-order valence-electron chi connectivity index (χ0n) is 7.27. The zero-order chi connectivity index (χ0) is 11.1. The van der Waals surface area contributed by atoms with E-state index in [1.807, 2.05) is 0 Å². The Morgan fingerprint density at radius 1 is 1.20 bits per heavy atom. The van der Waals surface area contributed by atoms with Crippen molar-refractivity contribution in [1.29, 1.82) is 0 Å². The summed E-state index contributed by atoms with van der Waals surface area (Å²) in [6, 6.07) is 0. The Bertz CT molecular complexity index is 342. The highest BCUT2D eigenvalue weighted by Crippen LogP contribution is 2.53. The molecule has 0 aromatic rings. The van der Waals surface area contributed by atoms with E-state index in [1.165, 1.54) is 11.6 Å². The Hall–Kier alpha value is -1.38. The van der Waals surface area contributed by atoms with Gasteiger partial charge in [-0.3, -0.25) is 0 Å². The minimum Gasteiger partial charge on any atom is -0.379 e. The number of aliphatic hydroxyl groups is 2. The molecule has 2 rings (SSSR count). The number of carbonyl (C=O) groups excluding carboxylic acids is 2. The van der Waals surface area contributed by atoms with E-state index in [0.717, 1.165) is 5.55 Å². The summed E-state index contributed by atoms with van der Waals surface area (Å²) >= 11 is 0. The summed E-state index contributed by atoms with van der Waals surface area (Å²) in [6.07, 6.45) is -2.54. The number of hydrogen-bond acceptors (Lipinski definition) is 7. The molecule has 0 amide bonds. The van der Waals surface area contributed by atoms with E-state index in [4.69, 9.17) is 18.6 Å². The summed E-state index contributed by atoms with van der Waals surface area (Å²) in [5.41, 5.74) is 1.16. The van der Waals surface area contributed by atoms with Gasteiger partial charge in [-0.05, 0) is 10.6 Å². The molecule has 1 fully saturated rings. The summed E-state index contributed by atoms with van der Waals surface area (Å²) in [7, 11) is -2.65. The fraction of sp³-hybridized carbons (Fsp3) is 0.286. The van der Waals surface area contributed by atoms with Crippen LogP contribution in [0.1, 0.15) is 0 Å². The second kappa shape index (κ2) is 3.33. The number of hydrogen-bond donors (Lipinski definition) is 2. The minimum atomic E-state index is -2.65. The summed E-state index contributed by atoms with van der Waals surface area (Å²) in [5, 5.41) is 19.6. The van der Waals surface area contributed by atoms with E-state index < -0.39 is 34.7 Å². The summed E-state index contributed by atoms with van der Waals surface area (Å²) < 4.78 is 9.54. The van der Waals surface area contributed by atoms with Crippen molar-refractivity contribution in [1.82, 2.24) is 0 Å². The predicted octanol–water partition coefficient (Wildman–Crippen LogP) is -1.04. The standard InChI is InChI=1S/C7H7NO6S/c9-4-5(10)7(12)14-15(13-6(4)11)2-1-8-3-15/h1-5,9-10H. The lowest BCUT2D eigenvalue weighted by Crippen LogP contribution is -2.38. The van der Waals surface area contributed by atoms with Gasteiger partial charge in [-0.25, -0.2) is 14.6 Å². The van der Waals surface area contributed by atoms with Gasteiger partial charge < -0.3 is 18.6 Å². The first-order chi connectivity index (χ1) is 7.04. The molecule has 0 aromatic carbocycles. The molecule has 2 aliphatic heterocycles. The zero-order valence-corrected chi connectivity index (χ0v) is 8.09. The van der Waals surface area contributed by atoms with Crippen molar-refractivity contribution >= 4 is 28.1 Å². The highest BCUT2D eigenvalue weighted by molar-refractivity contribution is 8.39. The second-order valence-electron chi connectivity index (χ2n) is 2.82. The molecule has 0 aliphatic carbocycles. The van der Waals surface area contributed by atoms with Crippen molar-refractivity contribution < 1.29 is 28.2 Å². The predicted molar refractivity (Wildman–Crippen MR) is 49.4 cm³/mol. The average Bonchev–Trinajstić information content (AvgIpc) is 2.60. The highest BCUT2D eigenvalue weighted by atomic mass is 32.3. The third kappa shape index (κ3) is 1.62. The minimum absolute atomic E-state index is 1.11. The highest BCUT2D eigenvalue weighted by Gasteiger charge is 2.43. The maximum absolute atomic E-state index is 11.2. The van der Waals surface area contributed by atoms with Crippen molar-refractivity contribution in [3.8, 4) is 0 Å². The van der Waals surface area contributed by atoms with E-state index in [2.05, 4.69) is 4.99 Å². The van der Waals surface area contributed by atoms with Crippen LogP contribution in [0.15, 0.2) is 16.6 Å². The first-order valence-corrected chi connectivity index (χ1v) is 5.51. The smallest absolute Gasteiger partial charge is 0.361 e. The summed E-state index contributed by atoms with van der Waals surface area (Å²) in [4.78, 5) is 26.0. The fourth-order valence-electron chi connectivity index (χ4n) is 1.00. The van der Waals surface area contributed by atoms with Gasteiger partial charge in [0, 0.05) is 6.20 Å². The quantitative estimate of drug-likeness (QED) is 0.553. The van der Waals surface area contributed by atoms with Crippen LogP contribution >= 0.6 is 10.6 Å². The Morgan fingerprint density at radius 2 is 1.73 bits per heavy atom. The van der Waals surface area contributed by atoms with E-state index >= 15 is 0 Å². The molecule has 2 N–H and O–H groups in total. The average molecular weight is 233 g/mol. The molecule has 0 radical (unpaired) electrons. The van der Waals surface area contributed by atoms with Crippen molar-refractivity contribution in [2.75, 3.05) is 0 Å². The number of carbonyl (C=O) groups is 2. The van der Waals surface area contributed by atoms with E-state index in [-0.39, 0.29) is 0 Å². The maximum Gasteiger partial charge on any atom is 0.361 e. The molecule has 2 unspecified atom stereocenters.